The van der Waals surface area contributed by atoms with Gasteiger partial charge in [-0.25, -0.2) is 0 Å². The van der Waals surface area contributed by atoms with E-state index < -0.39 is 23.9 Å². The number of nitrogens with two attached hydrogens (primary N) is 1. The van der Waals surface area contributed by atoms with E-state index in [9.17, 15) is 22.8 Å². The van der Waals surface area contributed by atoms with Gasteiger partial charge in [0.2, 0.25) is 11.8 Å². The van der Waals surface area contributed by atoms with Crippen LogP contribution in [0, 0.1) is 5.92 Å². The van der Waals surface area contributed by atoms with Gasteiger partial charge in [0, 0.05) is 13.1 Å². The Labute approximate surface area is 115 Å². The Morgan fingerprint density at radius 1 is 1.37 bits per heavy atom. The van der Waals surface area contributed by atoms with Gasteiger partial charge in [0.05, 0.1) is 19.0 Å². The maximum absolute atomic E-state index is 12.5. The van der Waals surface area contributed by atoms with Crippen molar-refractivity contribution < 1.29 is 22.8 Å². The fourth-order valence-electron chi connectivity index (χ4n) is 1.83. The fraction of sp³-hybridized carbons (Fsp3) is 0.800. The second-order valence-corrected chi connectivity index (χ2v) is 4.20. The van der Waals surface area contributed by atoms with E-state index in [1.807, 2.05) is 0 Å². The zero-order valence-electron chi connectivity index (χ0n) is 10.2. The van der Waals surface area contributed by atoms with E-state index in [4.69, 9.17) is 5.73 Å². The normalized spacial score (nSPS) is 19.6. The maximum Gasteiger partial charge on any atom is 0.393 e. The van der Waals surface area contributed by atoms with Gasteiger partial charge in [-0.3, -0.25) is 9.59 Å². The Morgan fingerprint density at radius 2 is 2.00 bits per heavy atom. The summed E-state index contributed by atoms with van der Waals surface area (Å²) in [5.41, 5.74) is 5.03. The molecule has 0 aromatic carbocycles. The van der Waals surface area contributed by atoms with Crippen LogP contribution in [0.4, 0.5) is 13.2 Å². The van der Waals surface area contributed by atoms with Crippen LogP contribution < -0.4 is 11.1 Å². The van der Waals surface area contributed by atoms with Gasteiger partial charge in [-0.1, -0.05) is 0 Å². The zero-order chi connectivity index (χ0) is 13.8. The second kappa shape index (κ2) is 7.54. The minimum Gasteiger partial charge on any atom is -0.346 e. The van der Waals surface area contributed by atoms with Crippen LogP contribution in [0.5, 0.6) is 0 Å². The number of nitrogens with one attached hydrogen (secondary N) is 1. The van der Waals surface area contributed by atoms with Crippen molar-refractivity contribution in [2.24, 2.45) is 11.7 Å². The van der Waals surface area contributed by atoms with E-state index in [-0.39, 0.29) is 38.5 Å². The molecule has 2 amide bonds. The second-order valence-electron chi connectivity index (χ2n) is 4.20. The number of rotatable bonds is 3. The van der Waals surface area contributed by atoms with Crippen LogP contribution in [0.1, 0.15) is 12.8 Å². The van der Waals surface area contributed by atoms with Gasteiger partial charge < -0.3 is 16.0 Å². The van der Waals surface area contributed by atoms with Crippen molar-refractivity contribution in [3.63, 3.8) is 0 Å². The van der Waals surface area contributed by atoms with Gasteiger partial charge in [0.15, 0.2) is 0 Å². The third kappa shape index (κ3) is 5.65. The standard InChI is InChI=1S/C10H16F3N3O2.ClH/c11-10(12,13)7-2-1-3-16(6-7)9(18)5-15-8(17)4-14;/h7H,1-6,14H2,(H,15,17);1H. The number of carbonyl (C=O) groups excluding carboxylic acids is 2. The molecular weight excluding hydrogens is 287 g/mol. The number of likely N-dealkylation sites (tertiary alicyclic amines) is 1. The number of hydrogen-bond acceptors (Lipinski definition) is 3. The van der Waals surface area contributed by atoms with Crippen LogP contribution in [0.3, 0.4) is 0 Å². The largest absolute Gasteiger partial charge is 0.393 e. The zero-order valence-corrected chi connectivity index (χ0v) is 11.0. The van der Waals surface area contributed by atoms with Gasteiger partial charge in [-0.2, -0.15) is 13.2 Å². The van der Waals surface area contributed by atoms with E-state index in [0.29, 0.717) is 13.0 Å². The summed E-state index contributed by atoms with van der Waals surface area (Å²) in [7, 11) is 0. The van der Waals surface area contributed by atoms with E-state index in [2.05, 4.69) is 5.32 Å². The van der Waals surface area contributed by atoms with Crippen molar-refractivity contribution in [3.05, 3.63) is 0 Å². The molecule has 5 nitrogen and oxygen atoms in total. The highest BCUT2D eigenvalue weighted by Gasteiger charge is 2.42. The number of piperidine rings is 1. The molecular formula is C10H17ClF3N3O2. The molecule has 3 N–H and O–H groups in total. The van der Waals surface area contributed by atoms with E-state index in [0.717, 1.165) is 4.90 Å². The summed E-state index contributed by atoms with van der Waals surface area (Å²) in [6, 6.07) is 0. The van der Waals surface area contributed by atoms with Gasteiger partial charge in [-0.05, 0) is 12.8 Å². The van der Waals surface area contributed by atoms with Crippen LogP contribution in [0.2, 0.25) is 0 Å². The highest BCUT2D eigenvalue weighted by Crippen LogP contribution is 2.32. The predicted octanol–water partition coefficient (Wildman–Crippen LogP) is 0.284. The van der Waals surface area contributed by atoms with Crippen LogP contribution in [0.15, 0.2) is 0 Å². The molecule has 1 heterocycles. The van der Waals surface area contributed by atoms with Crippen molar-refractivity contribution in [2.75, 3.05) is 26.2 Å². The first-order valence-corrected chi connectivity index (χ1v) is 5.66. The Kier molecular flexibility index (Phi) is 7.14. The topological polar surface area (TPSA) is 75.4 Å². The number of nitrogens with zero attached hydrogens (tertiary/aromatic N) is 1. The molecule has 1 unspecified atom stereocenters. The fourth-order valence-corrected chi connectivity index (χ4v) is 1.83. The van der Waals surface area contributed by atoms with Crippen LogP contribution >= 0.6 is 12.4 Å². The first-order valence-electron chi connectivity index (χ1n) is 5.66. The average molecular weight is 304 g/mol. The molecule has 0 radical (unpaired) electrons. The molecule has 0 bridgehead atoms. The Bertz CT molecular complexity index is 326. The van der Waals surface area contributed by atoms with E-state index in [1.165, 1.54) is 0 Å². The first kappa shape index (κ1) is 18.0. The molecule has 1 atom stereocenters. The molecule has 19 heavy (non-hydrogen) atoms. The number of amides is 2. The predicted molar refractivity (Wildman–Crippen MR) is 64.7 cm³/mol. The van der Waals surface area contributed by atoms with Crippen molar-refractivity contribution in [3.8, 4) is 0 Å². The van der Waals surface area contributed by atoms with Gasteiger partial charge >= 0.3 is 6.18 Å². The number of hydrogen-bond donors (Lipinski definition) is 2. The van der Waals surface area contributed by atoms with Gasteiger partial charge in [0.25, 0.3) is 0 Å². The minimum atomic E-state index is -4.28. The Morgan fingerprint density at radius 3 is 2.53 bits per heavy atom. The van der Waals surface area contributed by atoms with Gasteiger partial charge in [0.1, 0.15) is 0 Å². The number of carbonyl (C=O) groups is 2. The smallest absolute Gasteiger partial charge is 0.346 e. The molecule has 1 fully saturated rings. The monoisotopic (exact) mass is 303 g/mol. The Hall–Kier alpha value is -1.02. The third-order valence-electron chi connectivity index (χ3n) is 2.86. The summed E-state index contributed by atoms with van der Waals surface area (Å²) >= 11 is 0. The summed E-state index contributed by atoms with van der Waals surface area (Å²) in [4.78, 5) is 23.6. The molecule has 1 aliphatic heterocycles. The third-order valence-corrected chi connectivity index (χ3v) is 2.86. The summed E-state index contributed by atoms with van der Waals surface area (Å²) in [6.07, 6.45) is -3.91. The van der Waals surface area contributed by atoms with Crippen molar-refractivity contribution >= 4 is 24.2 Å². The molecule has 9 heteroatoms. The lowest BCUT2D eigenvalue weighted by Crippen LogP contribution is -2.48. The maximum atomic E-state index is 12.5. The highest BCUT2D eigenvalue weighted by molar-refractivity contribution is 5.85. The lowest BCUT2D eigenvalue weighted by molar-refractivity contribution is -0.188. The quantitative estimate of drug-likeness (QED) is 0.786. The minimum absolute atomic E-state index is 0. The molecule has 0 spiro atoms. The van der Waals surface area contributed by atoms with Crippen molar-refractivity contribution in [1.82, 2.24) is 10.2 Å². The molecule has 1 aliphatic rings. The lowest BCUT2D eigenvalue weighted by Gasteiger charge is -2.33. The highest BCUT2D eigenvalue weighted by atomic mass is 35.5. The first-order chi connectivity index (χ1) is 8.34. The van der Waals surface area contributed by atoms with Crippen LogP contribution in [-0.2, 0) is 9.59 Å². The van der Waals surface area contributed by atoms with Crippen LogP contribution in [0.25, 0.3) is 0 Å². The van der Waals surface area contributed by atoms with E-state index >= 15 is 0 Å². The molecule has 0 aromatic rings. The molecule has 0 aliphatic carbocycles. The molecule has 1 saturated heterocycles. The molecule has 0 saturated carbocycles. The molecule has 1 rings (SSSR count). The number of alkyl halides is 3. The molecule has 0 aromatic heterocycles. The van der Waals surface area contributed by atoms with E-state index in [1.54, 1.807) is 0 Å². The SMILES string of the molecule is Cl.NCC(=O)NCC(=O)N1CCCC(C(F)(F)F)C1. The van der Waals surface area contributed by atoms with Gasteiger partial charge in [-0.15, -0.1) is 12.4 Å². The molecule has 112 valence electrons. The van der Waals surface area contributed by atoms with Crippen molar-refractivity contribution in [2.45, 2.75) is 19.0 Å². The van der Waals surface area contributed by atoms with Crippen LogP contribution in [-0.4, -0.2) is 49.1 Å². The van der Waals surface area contributed by atoms with Crippen molar-refractivity contribution in [1.29, 1.82) is 0 Å². The summed E-state index contributed by atoms with van der Waals surface area (Å²) in [5, 5.41) is 2.25. The average Bonchev–Trinajstić information content (AvgIpc) is 2.34. The number of halogens is 4. The Balaban J connectivity index is 0.00000324. The summed E-state index contributed by atoms with van der Waals surface area (Å²) in [5.74, 6) is -2.49. The summed E-state index contributed by atoms with van der Waals surface area (Å²) in [6.45, 7) is -0.593. The lowest BCUT2D eigenvalue weighted by atomic mass is 9.97. The summed E-state index contributed by atoms with van der Waals surface area (Å²) < 4.78 is 37.6.